The molecule has 0 saturated heterocycles. The van der Waals surface area contributed by atoms with Crippen LogP contribution in [0.2, 0.25) is 0 Å². The summed E-state index contributed by atoms with van der Waals surface area (Å²) >= 11 is 0. The van der Waals surface area contributed by atoms with Crippen molar-refractivity contribution in [3.63, 3.8) is 0 Å². The van der Waals surface area contributed by atoms with Crippen molar-refractivity contribution < 1.29 is 4.58 Å². The van der Waals surface area contributed by atoms with E-state index >= 15 is 0 Å². The number of rotatable bonds is 6. The molecule has 70 valence electrons. The first kappa shape index (κ1) is 9.56. The molecule has 2 heteroatoms. The molecule has 0 aromatic carbocycles. The standard InChI is InChI=1S/C10H20N2/c1-2-3-4-5-6-8-12-9-7-11-10-12/h10H,2-9H2,1H3/p+1. The second-order valence-electron chi connectivity index (χ2n) is 3.53. The van der Waals surface area contributed by atoms with E-state index in [0.717, 1.165) is 6.54 Å². The molecule has 0 amide bonds. The quantitative estimate of drug-likeness (QED) is 0.471. The Balaban J connectivity index is 1.88. The van der Waals surface area contributed by atoms with Gasteiger partial charge < -0.3 is 0 Å². The third-order valence-corrected chi connectivity index (χ3v) is 2.37. The molecule has 0 radical (unpaired) electrons. The molecule has 1 aliphatic rings. The molecule has 0 spiro atoms. The molecule has 0 aliphatic carbocycles. The molecule has 1 aliphatic heterocycles. The van der Waals surface area contributed by atoms with E-state index in [1.54, 1.807) is 0 Å². The minimum Gasteiger partial charge on any atom is -0.277 e. The van der Waals surface area contributed by atoms with Gasteiger partial charge in [-0.15, -0.1) is 0 Å². The highest BCUT2D eigenvalue weighted by atomic mass is 15.1. The van der Waals surface area contributed by atoms with Crippen LogP contribution in [0, 0.1) is 0 Å². The van der Waals surface area contributed by atoms with E-state index < -0.39 is 0 Å². The van der Waals surface area contributed by atoms with Crippen LogP contribution in [-0.4, -0.2) is 30.5 Å². The normalized spacial score (nSPS) is 15.9. The summed E-state index contributed by atoms with van der Waals surface area (Å²) in [5.41, 5.74) is 0. The van der Waals surface area contributed by atoms with Crippen LogP contribution in [0.5, 0.6) is 0 Å². The molecular formula is C10H21N2+. The lowest BCUT2D eigenvalue weighted by atomic mass is 10.1. The largest absolute Gasteiger partial charge is 0.277 e. The Hall–Kier alpha value is -0.530. The maximum atomic E-state index is 3.23. The van der Waals surface area contributed by atoms with Crippen LogP contribution in [0.15, 0.2) is 0 Å². The third-order valence-electron chi connectivity index (χ3n) is 2.37. The molecule has 1 N–H and O–H groups in total. The predicted molar refractivity (Wildman–Crippen MR) is 52.8 cm³/mol. The Kier molecular flexibility index (Phi) is 4.81. The Morgan fingerprint density at radius 2 is 2.08 bits per heavy atom. The Morgan fingerprint density at radius 1 is 1.25 bits per heavy atom. The fraction of sp³-hybridized carbons (Fsp3) is 0.900. The van der Waals surface area contributed by atoms with Gasteiger partial charge in [0.2, 0.25) is 6.34 Å². The molecular weight excluding hydrogens is 148 g/mol. The summed E-state index contributed by atoms with van der Waals surface area (Å²) in [7, 11) is 0. The highest BCUT2D eigenvalue weighted by molar-refractivity contribution is 5.49. The number of nitrogens with one attached hydrogen (secondary N) is 1. The van der Waals surface area contributed by atoms with Gasteiger partial charge in [-0.2, -0.15) is 0 Å². The van der Waals surface area contributed by atoms with Gasteiger partial charge in [0.15, 0.2) is 0 Å². The van der Waals surface area contributed by atoms with Crippen molar-refractivity contribution in [1.29, 1.82) is 0 Å². The first-order valence-electron chi connectivity index (χ1n) is 5.24. The molecule has 1 heterocycles. The van der Waals surface area contributed by atoms with Crippen molar-refractivity contribution >= 4 is 6.34 Å². The van der Waals surface area contributed by atoms with Crippen LogP contribution in [0.4, 0.5) is 0 Å². The smallest absolute Gasteiger partial charge is 0.232 e. The molecule has 0 saturated carbocycles. The van der Waals surface area contributed by atoms with Crippen molar-refractivity contribution in [3.05, 3.63) is 0 Å². The van der Waals surface area contributed by atoms with Crippen molar-refractivity contribution in [2.45, 2.75) is 39.0 Å². The van der Waals surface area contributed by atoms with Crippen LogP contribution in [0.1, 0.15) is 39.0 Å². The Morgan fingerprint density at radius 3 is 2.75 bits per heavy atom. The summed E-state index contributed by atoms with van der Waals surface area (Å²) in [6, 6.07) is 0. The molecule has 0 atom stereocenters. The van der Waals surface area contributed by atoms with Gasteiger partial charge in [-0.3, -0.25) is 9.89 Å². The highest BCUT2D eigenvalue weighted by Crippen LogP contribution is 2.02. The van der Waals surface area contributed by atoms with Crippen LogP contribution >= 0.6 is 0 Å². The molecule has 12 heavy (non-hydrogen) atoms. The van der Waals surface area contributed by atoms with E-state index in [1.807, 2.05) is 0 Å². The summed E-state index contributed by atoms with van der Waals surface area (Å²) in [6.07, 6.45) is 9.05. The average molecular weight is 169 g/mol. The van der Waals surface area contributed by atoms with Gasteiger partial charge in [0, 0.05) is 0 Å². The van der Waals surface area contributed by atoms with Gasteiger partial charge in [-0.05, 0) is 12.8 Å². The number of nitrogens with zero attached hydrogens (tertiary/aromatic N) is 1. The van der Waals surface area contributed by atoms with Gasteiger partial charge in [0.1, 0.15) is 13.1 Å². The molecule has 1 rings (SSSR count). The molecule has 0 aromatic heterocycles. The van der Waals surface area contributed by atoms with Crippen molar-refractivity contribution in [2.75, 3.05) is 19.6 Å². The van der Waals surface area contributed by atoms with Crippen molar-refractivity contribution in [2.24, 2.45) is 0 Å². The molecule has 0 fully saturated rings. The van der Waals surface area contributed by atoms with Crippen LogP contribution in [-0.2, 0) is 0 Å². The maximum absolute atomic E-state index is 3.23. The van der Waals surface area contributed by atoms with E-state index in [-0.39, 0.29) is 0 Å². The van der Waals surface area contributed by atoms with Gasteiger partial charge in [-0.25, -0.2) is 0 Å². The third kappa shape index (κ3) is 3.74. The van der Waals surface area contributed by atoms with E-state index in [1.165, 1.54) is 45.2 Å². The summed E-state index contributed by atoms with van der Waals surface area (Å²) in [5, 5.41) is 3.23. The lowest BCUT2D eigenvalue weighted by molar-refractivity contribution is -0.514. The van der Waals surface area contributed by atoms with Gasteiger partial charge in [0.05, 0.1) is 6.54 Å². The second kappa shape index (κ2) is 6.04. The van der Waals surface area contributed by atoms with Crippen molar-refractivity contribution in [1.82, 2.24) is 5.32 Å². The maximum Gasteiger partial charge on any atom is 0.232 e. The average Bonchev–Trinajstić information content (AvgIpc) is 2.57. The van der Waals surface area contributed by atoms with E-state index in [0.29, 0.717) is 0 Å². The summed E-state index contributed by atoms with van der Waals surface area (Å²) < 4.78 is 2.38. The second-order valence-corrected chi connectivity index (χ2v) is 3.53. The fourth-order valence-electron chi connectivity index (χ4n) is 1.56. The van der Waals surface area contributed by atoms with Crippen LogP contribution in [0.25, 0.3) is 0 Å². The molecule has 2 nitrogen and oxygen atoms in total. The molecule has 0 aromatic rings. The van der Waals surface area contributed by atoms with E-state index in [4.69, 9.17) is 0 Å². The number of unbranched alkanes of at least 4 members (excludes halogenated alkanes) is 4. The predicted octanol–water partition coefficient (Wildman–Crippen LogP) is 1.60. The van der Waals surface area contributed by atoms with Gasteiger partial charge >= 0.3 is 0 Å². The van der Waals surface area contributed by atoms with E-state index in [2.05, 4.69) is 23.2 Å². The summed E-state index contributed by atoms with van der Waals surface area (Å²) in [4.78, 5) is 0. The zero-order chi connectivity index (χ0) is 8.65. The lowest BCUT2D eigenvalue weighted by Crippen LogP contribution is -2.11. The Bertz CT molecular complexity index is 141. The first-order valence-corrected chi connectivity index (χ1v) is 5.24. The zero-order valence-electron chi connectivity index (χ0n) is 8.18. The first-order chi connectivity index (χ1) is 5.93. The SMILES string of the molecule is CCCCCCC[N+]1=CNCC1. The van der Waals surface area contributed by atoms with Crippen molar-refractivity contribution in [3.8, 4) is 0 Å². The number of hydrogen-bond acceptors (Lipinski definition) is 1. The lowest BCUT2D eigenvalue weighted by Gasteiger charge is -1.99. The number of hydrogen-bond donors (Lipinski definition) is 1. The minimum absolute atomic E-state index is 1.13. The van der Waals surface area contributed by atoms with Gasteiger partial charge in [0.25, 0.3) is 0 Å². The summed E-state index contributed by atoms with van der Waals surface area (Å²) in [6.45, 7) is 5.84. The van der Waals surface area contributed by atoms with Crippen LogP contribution in [0.3, 0.4) is 0 Å². The topological polar surface area (TPSA) is 15.0 Å². The zero-order valence-corrected chi connectivity index (χ0v) is 8.18. The Labute approximate surface area is 75.7 Å². The highest BCUT2D eigenvalue weighted by Gasteiger charge is 2.06. The van der Waals surface area contributed by atoms with Gasteiger partial charge in [-0.1, -0.05) is 26.2 Å². The fourth-order valence-corrected chi connectivity index (χ4v) is 1.56. The summed E-state index contributed by atoms with van der Waals surface area (Å²) in [5.74, 6) is 0. The van der Waals surface area contributed by atoms with Crippen LogP contribution < -0.4 is 5.32 Å². The van der Waals surface area contributed by atoms with E-state index in [9.17, 15) is 0 Å². The molecule has 0 unspecified atom stereocenters. The molecule has 0 bridgehead atoms. The minimum atomic E-state index is 1.13. The monoisotopic (exact) mass is 169 g/mol.